The van der Waals surface area contributed by atoms with Gasteiger partial charge >= 0.3 is 47.5 Å². The number of aliphatic hydroxyl groups is 2. The Labute approximate surface area is 677 Å². The quantitative estimate of drug-likeness (QED) is 0.0398. The number of aromatic carboxylic acids is 2. The molecule has 15 aromatic rings. The van der Waals surface area contributed by atoms with E-state index >= 15 is 0 Å². The van der Waals surface area contributed by atoms with Gasteiger partial charge in [-0.2, -0.15) is 15.3 Å². The summed E-state index contributed by atoms with van der Waals surface area (Å²) < 4.78 is 102. The van der Waals surface area contributed by atoms with Crippen molar-refractivity contribution in [3.63, 3.8) is 0 Å². The van der Waals surface area contributed by atoms with Crippen molar-refractivity contribution < 1.29 is 115 Å². The molecular formula is C79H69F6N18NaO12. The number of benzene rings is 3. The third kappa shape index (κ3) is 21.4. The van der Waals surface area contributed by atoms with Crippen LogP contribution in [0.2, 0.25) is 0 Å². The fraction of sp³-hybridized carbons (Fsp3) is 0.177. The van der Waals surface area contributed by atoms with Crippen LogP contribution in [0.15, 0.2) is 184 Å². The molecule has 0 radical (unpaired) electrons. The summed E-state index contributed by atoms with van der Waals surface area (Å²) in [6.45, 7) is 7.99. The van der Waals surface area contributed by atoms with Gasteiger partial charge in [-0.15, -0.1) is 0 Å². The number of hydrogen-bond donors (Lipinski definition) is 3. The van der Waals surface area contributed by atoms with Crippen LogP contribution < -0.4 is 34.7 Å². The summed E-state index contributed by atoms with van der Waals surface area (Å²) in [5.41, 5.74) is 7.44. The molecule has 0 aliphatic heterocycles. The van der Waals surface area contributed by atoms with Crippen molar-refractivity contribution in [2.75, 3.05) is 20.3 Å². The number of halogens is 6. The van der Waals surface area contributed by atoms with Crippen LogP contribution in [0.5, 0.6) is 0 Å². The van der Waals surface area contributed by atoms with Crippen LogP contribution in [0, 0.1) is 48.8 Å². The second-order valence-corrected chi connectivity index (χ2v) is 26.0. The molecule has 0 aliphatic carbocycles. The number of imidazole rings is 4. The Morgan fingerprint density at radius 3 is 1.29 bits per heavy atom. The average molecular weight is 1600 g/mol. The van der Waals surface area contributed by atoms with Gasteiger partial charge in [-0.25, -0.2) is 75.8 Å². The average Bonchev–Trinajstić information content (AvgIpc) is 1.65. The van der Waals surface area contributed by atoms with E-state index in [0.29, 0.717) is 73.6 Å². The number of carbonyl (C=O) groups is 6. The molecule has 30 nitrogen and oxygen atoms in total. The van der Waals surface area contributed by atoms with Crippen molar-refractivity contribution in [1.29, 1.82) is 0 Å². The molecule has 12 aromatic heterocycles. The van der Waals surface area contributed by atoms with Gasteiger partial charge in [0, 0.05) is 112 Å². The number of carboxylic acid groups (broad SMARTS) is 2. The first kappa shape index (κ1) is 86.4. The largest absolute Gasteiger partial charge is 1.00 e. The second-order valence-electron chi connectivity index (χ2n) is 26.0. The number of fused-ring (bicyclic) bond motifs is 3. The van der Waals surface area contributed by atoms with Gasteiger partial charge in [0.05, 0.1) is 101 Å². The Morgan fingerprint density at radius 1 is 0.483 bits per heavy atom. The van der Waals surface area contributed by atoms with E-state index in [4.69, 9.17) is 20.1 Å². The summed E-state index contributed by atoms with van der Waals surface area (Å²) in [5.74, 6) is -6.50. The van der Waals surface area contributed by atoms with Gasteiger partial charge in [0.15, 0.2) is 11.6 Å². The van der Waals surface area contributed by atoms with E-state index in [9.17, 15) is 60.2 Å². The maximum absolute atomic E-state index is 13.9. The number of ether oxygens (including phenoxy) is 2. The number of rotatable bonds is 15. The number of ketones is 2. The Kier molecular flexibility index (Phi) is 28.2. The summed E-state index contributed by atoms with van der Waals surface area (Å²) in [6.07, 6.45) is 20.8. The number of aryl methyl sites for hydroxylation is 6. The molecule has 0 bridgehead atoms. The fourth-order valence-electron chi connectivity index (χ4n) is 11.1. The molecule has 0 unspecified atom stereocenters. The summed E-state index contributed by atoms with van der Waals surface area (Å²) in [6, 6.07) is 22.4. The predicted octanol–water partition coefficient (Wildman–Crippen LogP) is 7.12. The molecule has 3 N–H and O–H groups in total. The van der Waals surface area contributed by atoms with Gasteiger partial charge in [0.2, 0.25) is 11.6 Å². The number of pyridine rings is 3. The molecule has 0 saturated heterocycles. The summed E-state index contributed by atoms with van der Waals surface area (Å²) in [5, 5.41) is 49.5. The molecule has 116 heavy (non-hydrogen) atoms. The molecular weight excluding hydrogens is 1530 g/mol. The monoisotopic (exact) mass is 1600 g/mol. The Balaban J connectivity index is 0.000000160. The first-order valence-corrected chi connectivity index (χ1v) is 34.2. The summed E-state index contributed by atoms with van der Waals surface area (Å²) in [4.78, 5) is 102. The smallest absolute Gasteiger partial charge is 0.543 e. The number of carboxylic acids is 2. The van der Waals surface area contributed by atoms with Crippen molar-refractivity contribution >= 4 is 52.4 Å². The van der Waals surface area contributed by atoms with Gasteiger partial charge in [0.25, 0.3) is 0 Å². The molecule has 590 valence electrons. The van der Waals surface area contributed by atoms with Crippen LogP contribution in [0.3, 0.4) is 0 Å². The number of nitrogens with zero attached hydrogens (tertiary/aromatic N) is 18. The topological polar surface area (TPSA) is 379 Å². The number of carbonyl (C=O) groups excluding carboxylic acids is 5. The second kappa shape index (κ2) is 37.9. The maximum atomic E-state index is 13.9. The van der Waals surface area contributed by atoms with Crippen molar-refractivity contribution in [2.24, 2.45) is 28.2 Å². The number of aliphatic hydroxyl groups excluding tert-OH is 2. The predicted molar refractivity (Wildman–Crippen MR) is 400 cm³/mol. The van der Waals surface area contributed by atoms with Crippen LogP contribution in [0.25, 0.3) is 84.7 Å². The third-order valence-corrected chi connectivity index (χ3v) is 16.4. The van der Waals surface area contributed by atoms with Gasteiger partial charge in [0.1, 0.15) is 82.0 Å². The molecule has 15 rings (SSSR count). The zero-order valence-electron chi connectivity index (χ0n) is 63.8. The molecule has 0 spiro atoms. The van der Waals surface area contributed by atoms with Crippen LogP contribution in [-0.2, 0) is 48.9 Å². The SMILES string of the molecule is CC(C)(C)OC(=O)Cc1ccn2cc(-c3cc(F)ccc3F)nc2c1.COC(=O)c1ccn2cc(-c3cc(F)ccc3F)nc2c1.Cc1ccnc(-c2cnn(C)c2C(=O)CO)n1.Cc1ccnc(-c2cnn(C)c2C(=O)[O-])n1.Cn1cnc(-c2cnn(C)c2C(=O)CO)c1.O=C(O)c1ccn2cc(-c3cc(F)ccc3F)nc2c1.[Na+]. The van der Waals surface area contributed by atoms with Crippen molar-refractivity contribution in [2.45, 2.75) is 46.6 Å². The number of Topliss-reactive ketones (excluding diaryl/α,β-unsaturated/α-hetero) is 2. The minimum absolute atomic E-state index is 0. The van der Waals surface area contributed by atoms with E-state index in [2.05, 4.69) is 59.9 Å². The Morgan fingerprint density at radius 2 is 0.888 bits per heavy atom. The van der Waals surface area contributed by atoms with E-state index in [1.54, 1.807) is 125 Å². The summed E-state index contributed by atoms with van der Waals surface area (Å²) >= 11 is 0. The normalized spacial score (nSPS) is 10.8. The van der Waals surface area contributed by atoms with Crippen LogP contribution >= 0.6 is 0 Å². The number of aromatic nitrogens is 18. The number of hydrogen-bond acceptors (Lipinski definition) is 22. The molecule has 0 amide bonds. The Hall–Kier alpha value is -13.6. The van der Waals surface area contributed by atoms with E-state index in [1.165, 1.54) is 71.2 Å². The standard InChI is InChI=1S/C19H18F2N2O2.C15H10F2N2O2.C14H8F2N2O2.C11H12N4O2.C10H12N4O2.C10H10N4O2.Na/c1-19(2,3)25-18(24)9-12-6-7-23-11-16(22-17(23)8-12)14-10-13(20)4-5-15(14)21;1-21-15(20)9-4-5-19-8-13(18-14(19)6-9)11-7-10(16)2-3-12(11)17;15-9-1-2-11(16)10(6-9)12-7-18-4-3-8(14(19)20)5-13(18)17-12;1-7-3-4-12-11(14-7)8-5-13-15(2)10(8)9(17)6-16;1-13-4-8(11-6-13)7-3-12-14(2)10(7)9(16)5-15;1-6-3-4-11-9(13-6)7-5-12-14(2)8(7)10(15)16;/h4-8,10-11H,9H2,1-3H3;2-8H,1H3;1-7H,(H,19,20);3-5,16H,6H2,1-2H3;3-4,6,15H,5H2,1-2H3;3-5H,1-2H3,(H,15,16);/q;;;;;;+1/p-1. The molecule has 12 heterocycles. The van der Waals surface area contributed by atoms with E-state index in [-0.39, 0.29) is 87.1 Å². The summed E-state index contributed by atoms with van der Waals surface area (Å²) in [7, 11) is 7.97. The first-order valence-electron chi connectivity index (χ1n) is 34.2. The molecule has 0 atom stereocenters. The van der Waals surface area contributed by atoms with Crippen LogP contribution in [0.4, 0.5) is 26.3 Å². The molecule has 3 aromatic carbocycles. The fourth-order valence-corrected chi connectivity index (χ4v) is 11.1. The van der Waals surface area contributed by atoms with Crippen LogP contribution in [0.1, 0.15) is 89.9 Å². The van der Waals surface area contributed by atoms with Crippen LogP contribution in [-0.4, -0.2) is 164 Å². The van der Waals surface area contributed by atoms with E-state index in [1.807, 2.05) is 34.7 Å². The van der Waals surface area contributed by atoms with Crippen molar-refractivity contribution in [3.05, 3.63) is 264 Å². The molecule has 0 fully saturated rings. The number of methoxy groups -OCH3 is 1. The van der Waals surface area contributed by atoms with E-state index < -0.39 is 77.4 Å². The van der Waals surface area contributed by atoms with Gasteiger partial charge in [-0.1, -0.05) is 0 Å². The first-order chi connectivity index (χ1) is 54.7. The minimum atomic E-state index is -1.29. The molecule has 0 saturated carbocycles. The van der Waals surface area contributed by atoms with Gasteiger partial charge < -0.3 is 52.5 Å². The van der Waals surface area contributed by atoms with Crippen molar-refractivity contribution in [3.8, 4) is 67.8 Å². The maximum Gasteiger partial charge on any atom is 1.00 e. The number of esters is 2. The zero-order valence-corrected chi connectivity index (χ0v) is 65.8. The molecule has 37 heteroatoms. The van der Waals surface area contributed by atoms with Gasteiger partial charge in [-0.3, -0.25) is 28.4 Å². The van der Waals surface area contributed by atoms with Gasteiger partial charge in [-0.05, 0) is 143 Å². The third-order valence-electron chi connectivity index (χ3n) is 16.4. The minimum Gasteiger partial charge on any atom is -0.543 e. The van der Waals surface area contributed by atoms with E-state index in [0.717, 1.165) is 71.5 Å². The molecule has 0 aliphatic rings. The van der Waals surface area contributed by atoms with Crippen molar-refractivity contribution in [1.82, 2.24) is 87.0 Å². The Bertz CT molecular complexity index is 6140. The zero-order chi connectivity index (χ0) is 83.3.